The number of nitrogens with one attached hydrogen (secondary N) is 1. The van der Waals surface area contributed by atoms with Crippen molar-refractivity contribution in [3.8, 4) is 5.75 Å². The average molecular weight is 345 g/mol. The molecule has 0 aliphatic carbocycles. The maximum absolute atomic E-state index is 11.7. The molecule has 7 nitrogen and oxygen atoms in total. The Kier molecular flexibility index (Phi) is 6.32. The van der Waals surface area contributed by atoms with E-state index in [2.05, 4.69) is 10.5 Å². The number of carbonyl (C=O) groups is 1. The van der Waals surface area contributed by atoms with Crippen LogP contribution in [0.5, 0.6) is 5.75 Å². The van der Waals surface area contributed by atoms with E-state index in [0.717, 1.165) is 5.56 Å². The van der Waals surface area contributed by atoms with Gasteiger partial charge < -0.3 is 5.11 Å². The van der Waals surface area contributed by atoms with Gasteiger partial charge in [-0.3, -0.25) is 14.9 Å². The van der Waals surface area contributed by atoms with Crippen molar-refractivity contribution in [2.75, 3.05) is 5.75 Å². The number of hydrogen-bond acceptors (Lipinski definition) is 6. The summed E-state index contributed by atoms with van der Waals surface area (Å²) in [6.45, 7) is 0. The van der Waals surface area contributed by atoms with E-state index in [-0.39, 0.29) is 23.1 Å². The lowest BCUT2D eigenvalue weighted by atomic mass is 10.2. The van der Waals surface area contributed by atoms with E-state index < -0.39 is 4.92 Å². The van der Waals surface area contributed by atoms with Crippen molar-refractivity contribution >= 4 is 29.6 Å². The van der Waals surface area contributed by atoms with Crippen molar-refractivity contribution < 1.29 is 14.8 Å². The molecular weight excluding hydrogens is 330 g/mol. The molecule has 0 fully saturated rings. The molecule has 2 N–H and O–H groups in total. The van der Waals surface area contributed by atoms with E-state index in [0.29, 0.717) is 11.3 Å². The number of phenolic OH excluding ortho intramolecular Hbond substituents is 1. The summed E-state index contributed by atoms with van der Waals surface area (Å²) < 4.78 is 0. The van der Waals surface area contributed by atoms with Crippen LogP contribution in [0.1, 0.15) is 11.1 Å². The third kappa shape index (κ3) is 5.40. The minimum Gasteiger partial charge on any atom is -0.507 e. The number of phenols is 1. The first kappa shape index (κ1) is 17.5. The number of para-hydroxylation sites is 1. The Morgan fingerprint density at radius 1 is 1.25 bits per heavy atom. The number of nitro groups is 1. The molecule has 0 unspecified atom stereocenters. The number of hydrogen-bond donors (Lipinski definition) is 2. The topological polar surface area (TPSA) is 105 Å². The van der Waals surface area contributed by atoms with E-state index in [4.69, 9.17) is 0 Å². The van der Waals surface area contributed by atoms with E-state index in [1.807, 2.05) is 0 Å². The SMILES string of the molecule is O=C(CSCc1ccc([N+](=O)[O-])cc1)N/N=C\c1ccccc1O. The largest absolute Gasteiger partial charge is 0.507 e. The molecule has 0 radical (unpaired) electrons. The lowest BCUT2D eigenvalue weighted by Crippen LogP contribution is -2.19. The predicted octanol–water partition coefficient (Wildman–Crippen LogP) is 2.68. The van der Waals surface area contributed by atoms with Crippen molar-refractivity contribution in [2.45, 2.75) is 5.75 Å². The minimum absolute atomic E-state index is 0.0417. The maximum Gasteiger partial charge on any atom is 0.269 e. The third-order valence-corrected chi connectivity index (χ3v) is 3.98. The summed E-state index contributed by atoms with van der Waals surface area (Å²) in [5.74, 6) is 0.584. The molecule has 0 spiro atoms. The number of thioether (sulfide) groups is 1. The van der Waals surface area contributed by atoms with Gasteiger partial charge >= 0.3 is 0 Å². The zero-order valence-electron chi connectivity index (χ0n) is 12.6. The first-order chi connectivity index (χ1) is 11.6. The average Bonchev–Trinajstić information content (AvgIpc) is 2.57. The molecule has 0 atom stereocenters. The molecule has 0 aliphatic heterocycles. The smallest absolute Gasteiger partial charge is 0.269 e. The Labute approximate surface area is 142 Å². The van der Waals surface area contributed by atoms with Crippen LogP contribution < -0.4 is 5.43 Å². The molecule has 0 aromatic heterocycles. The second kappa shape index (κ2) is 8.68. The van der Waals surface area contributed by atoms with Crippen LogP contribution in [0.2, 0.25) is 0 Å². The first-order valence-electron chi connectivity index (χ1n) is 6.97. The molecule has 0 bridgehead atoms. The van der Waals surface area contributed by atoms with Crippen LogP contribution in [0.15, 0.2) is 53.6 Å². The van der Waals surface area contributed by atoms with Gasteiger partial charge in [0.15, 0.2) is 0 Å². The zero-order valence-corrected chi connectivity index (χ0v) is 13.4. The van der Waals surface area contributed by atoms with Crippen molar-refractivity contribution in [1.29, 1.82) is 0 Å². The van der Waals surface area contributed by atoms with Crippen molar-refractivity contribution in [2.24, 2.45) is 5.10 Å². The van der Waals surface area contributed by atoms with Crippen LogP contribution in [-0.4, -0.2) is 27.9 Å². The number of benzene rings is 2. The summed E-state index contributed by atoms with van der Waals surface area (Å²) in [6.07, 6.45) is 1.37. The van der Waals surface area contributed by atoms with Crippen LogP contribution in [0, 0.1) is 10.1 Å². The van der Waals surface area contributed by atoms with Gasteiger partial charge in [0.05, 0.1) is 16.9 Å². The Bertz CT molecular complexity index is 747. The van der Waals surface area contributed by atoms with Crippen LogP contribution >= 0.6 is 11.8 Å². The third-order valence-electron chi connectivity index (χ3n) is 2.98. The molecule has 8 heteroatoms. The van der Waals surface area contributed by atoms with Crippen LogP contribution in [-0.2, 0) is 10.5 Å². The summed E-state index contributed by atoms with van der Waals surface area (Å²) in [7, 11) is 0. The highest BCUT2D eigenvalue weighted by Gasteiger charge is 2.05. The molecule has 124 valence electrons. The number of carbonyl (C=O) groups excluding carboxylic acids is 1. The number of rotatable bonds is 7. The Hall–Kier alpha value is -2.87. The van der Waals surface area contributed by atoms with Gasteiger partial charge in [-0.1, -0.05) is 24.3 Å². The quantitative estimate of drug-likeness (QED) is 0.456. The monoisotopic (exact) mass is 345 g/mol. The summed E-state index contributed by atoms with van der Waals surface area (Å²) >= 11 is 1.37. The standard InChI is InChI=1S/C16H15N3O4S/c20-15-4-2-1-3-13(15)9-17-18-16(21)11-24-10-12-5-7-14(8-6-12)19(22)23/h1-9,20H,10-11H2,(H,18,21)/b17-9-. The number of nitrogens with zero attached hydrogens (tertiary/aromatic N) is 2. The molecule has 0 saturated carbocycles. The first-order valence-corrected chi connectivity index (χ1v) is 8.12. The normalized spacial score (nSPS) is 10.7. The van der Waals surface area contributed by atoms with Gasteiger partial charge in [0.1, 0.15) is 5.75 Å². The van der Waals surface area contributed by atoms with Crippen molar-refractivity contribution in [3.05, 3.63) is 69.8 Å². The van der Waals surface area contributed by atoms with Gasteiger partial charge in [0.2, 0.25) is 5.91 Å². The fourth-order valence-electron chi connectivity index (χ4n) is 1.78. The summed E-state index contributed by atoms with van der Waals surface area (Å²) in [5, 5.41) is 23.9. The molecule has 1 amide bonds. The summed E-state index contributed by atoms with van der Waals surface area (Å²) in [6, 6.07) is 12.9. The molecule has 0 heterocycles. The molecule has 2 aromatic rings. The lowest BCUT2D eigenvalue weighted by molar-refractivity contribution is -0.384. The Morgan fingerprint density at radius 2 is 1.96 bits per heavy atom. The number of hydrazone groups is 1. The van der Waals surface area contributed by atoms with E-state index >= 15 is 0 Å². The van der Waals surface area contributed by atoms with Gasteiger partial charge in [0, 0.05) is 23.4 Å². The highest BCUT2D eigenvalue weighted by Crippen LogP contribution is 2.16. The summed E-state index contributed by atoms with van der Waals surface area (Å²) in [5.41, 5.74) is 3.83. The molecule has 24 heavy (non-hydrogen) atoms. The fraction of sp³-hybridized carbons (Fsp3) is 0.125. The molecule has 0 aliphatic rings. The highest BCUT2D eigenvalue weighted by molar-refractivity contribution is 7.99. The Balaban J connectivity index is 1.73. The summed E-state index contributed by atoms with van der Waals surface area (Å²) in [4.78, 5) is 21.8. The van der Waals surface area contributed by atoms with Gasteiger partial charge in [-0.05, 0) is 17.7 Å². The fourth-order valence-corrected chi connectivity index (χ4v) is 2.56. The lowest BCUT2D eigenvalue weighted by Gasteiger charge is -2.02. The van der Waals surface area contributed by atoms with Crippen molar-refractivity contribution in [1.82, 2.24) is 5.43 Å². The molecule has 2 aromatic carbocycles. The highest BCUT2D eigenvalue weighted by atomic mass is 32.2. The van der Waals surface area contributed by atoms with Gasteiger partial charge in [-0.2, -0.15) is 5.10 Å². The van der Waals surface area contributed by atoms with E-state index in [1.54, 1.807) is 30.3 Å². The van der Waals surface area contributed by atoms with Crippen LogP contribution in [0.25, 0.3) is 0 Å². The van der Waals surface area contributed by atoms with Gasteiger partial charge in [-0.25, -0.2) is 5.43 Å². The van der Waals surface area contributed by atoms with Crippen LogP contribution in [0.4, 0.5) is 5.69 Å². The Morgan fingerprint density at radius 3 is 2.62 bits per heavy atom. The van der Waals surface area contributed by atoms with E-state index in [1.165, 1.54) is 36.2 Å². The number of amides is 1. The second-order valence-electron chi connectivity index (χ2n) is 4.77. The number of nitro benzene ring substituents is 1. The molecule has 0 saturated heterocycles. The van der Waals surface area contributed by atoms with Gasteiger partial charge in [-0.15, -0.1) is 11.8 Å². The van der Waals surface area contributed by atoms with Gasteiger partial charge in [0.25, 0.3) is 5.69 Å². The zero-order chi connectivity index (χ0) is 17.4. The van der Waals surface area contributed by atoms with Crippen molar-refractivity contribution in [3.63, 3.8) is 0 Å². The predicted molar refractivity (Wildman–Crippen MR) is 93.1 cm³/mol. The molecule has 2 rings (SSSR count). The number of aromatic hydroxyl groups is 1. The second-order valence-corrected chi connectivity index (χ2v) is 5.75. The number of non-ortho nitro benzene ring substituents is 1. The van der Waals surface area contributed by atoms with Crippen LogP contribution in [0.3, 0.4) is 0 Å². The molecular formula is C16H15N3O4S. The maximum atomic E-state index is 11.7. The minimum atomic E-state index is -0.451. The van der Waals surface area contributed by atoms with E-state index in [9.17, 15) is 20.0 Å².